The van der Waals surface area contributed by atoms with Gasteiger partial charge in [-0.15, -0.1) is 0 Å². The Morgan fingerprint density at radius 1 is 1.24 bits per heavy atom. The summed E-state index contributed by atoms with van der Waals surface area (Å²) in [5, 5.41) is 4.55. The van der Waals surface area contributed by atoms with Gasteiger partial charge in [-0.2, -0.15) is 9.40 Å². The highest BCUT2D eigenvalue weighted by molar-refractivity contribution is 7.89. The molecular formula is C22H37N5O5S. The van der Waals surface area contributed by atoms with E-state index in [1.165, 1.54) is 5.56 Å². The number of aromatic nitrogens is 2. The number of rotatable bonds is 6. The largest absolute Gasteiger partial charge is 0.383 e. The minimum absolute atomic E-state index is 0.0118. The fourth-order valence-corrected chi connectivity index (χ4v) is 7.64. The number of likely N-dealkylation sites (tertiary alicyclic amines) is 1. The maximum Gasteiger partial charge on any atom is 0.231 e. The van der Waals surface area contributed by atoms with Gasteiger partial charge in [0.2, 0.25) is 15.9 Å². The first kappa shape index (κ1) is 24.6. The van der Waals surface area contributed by atoms with E-state index in [1.807, 2.05) is 23.6 Å². The third-order valence-corrected chi connectivity index (χ3v) is 9.53. The Kier molecular flexibility index (Phi) is 7.16. The third-order valence-electron chi connectivity index (χ3n) is 7.65. The predicted molar refractivity (Wildman–Crippen MR) is 123 cm³/mol. The molecule has 2 atom stereocenters. The van der Waals surface area contributed by atoms with E-state index in [-0.39, 0.29) is 24.2 Å². The Balaban J connectivity index is 1.66. The molecular weight excluding hydrogens is 446 g/mol. The second kappa shape index (κ2) is 9.61. The van der Waals surface area contributed by atoms with Gasteiger partial charge in [0.15, 0.2) is 0 Å². The molecule has 1 aromatic rings. The van der Waals surface area contributed by atoms with Gasteiger partial charge in [-0.3, -0.25) is 14.4 Å². The minimum atomic E-state index is -3.43. The van der Waals surface area contributed by atoms with Crippen LogP contribution in [-0.4, -0.2) is 110 Å². The van der Waals surface area contributed by atoms with Gasteiger partial charge in [-0.25, -0.2) is 8.42 Å². The maximum absolute atomic E-state index is 14.1. The lowest BCUT2D eigenvalue weighted by molar-refractivity contribution is -0.155. The van der Waals surface area contributed by atoms with Crippen molar-refractivity contribution < 1.29 is 22.7 Å². The average molecular weight is 484 g/mol. The molecule has 1 amide bonds. The van der Waals surface area contributed by atoms with Gasteiger partial charge >= 0.3 is 0 Å². The Morgan fingerprint density at radius 3 is 2.61 bits per heavy atom. The number of ether oxygens (including phenoxy) is 2. The fraction of sp³-hybridized carbons (Fsp3) is 0.818. The number of nitrogens with zero attached hydrogens (tertiary/aromatic N) is 5. The molecule has 0 radical (unpaired) electrons. The number of morpholine rings is 1. The van der Waals surface area contributed by atoms with Crippen molar-refractivity contribution in [1.29, 1.82) is 0 Å². The van der Waals surface area contributed by atoms with Crippen LogP contribution >= 0.6 is 0 Å². The van der Waals surface area contributed by atoms with Crippen molar-refractivity contribution in [2.75, 3.05) is 65.4 Å². The molecule has 3 aliphatic rings. The highest BCUT2D eigenvalue weighted by Gasteiger charge is 2.58. The van der Waals surface area contributed by atoms with E-state index in [4.69, 9.17) is 9.47 Å². The summed E-state index contributed by atoms with van der Waals surface area (Å²) < 4.78 is 40.2. The van der Waals surface area contributed by atoms with E-state index in [0.717, 1.165) is 17.9 Å². The monoisotopic (exact) mass is 483 g/mol. The summed E-state index contributed by atoms with van der Waals surface area (Å²) in [5.74, 6) is 0.0553. The summed E-state index contributed by atoms with van der Waals surface area (Å²) in [4.78, 5) is 18.2. The second-order valence-electron chi connectivity index (χ2n) is 9.52. The van der Waals surface area contributed by atoms with Crippen LogP contribution in [0.5, 0.6) is 0 Å². The zero-order valence-corrected chi connectivity index (χ0v) is 21.1. The first-order valence-electron chi connectivity index (χ1n) is 11.8. The van der Waals surface area contributed by atoms with E-state index in [0.29, 0.717) is 58.8 Å². The van der Waals surface area contributed by atoms with E-state index in [9.17, 15) is 13.2 Å². The first-order chi connectivity index (χ1) is 15.7. The number of carbonyl (C=O) groups is 1. The molecule has 4 heterocycles. The summed E-state index contributed by atoms with van der Waals surface area (Å²) in [6, 6.07) is -0.353. The van der Waals surface area contributed by atoms with Crippen LogP contribution < -0.4 is 0 Å². The van der Waals surface area contributed by atoms with Crippen LogP contribution in [0.3, 0.4) is 0 Å². The number of carbonyl (C=O) groups excluding carboxylic acids is 1. The maximum atomic E-state index is 14.1. The number of piperidine rings is 1. The molecule has 0 bridgehead atoms. The lowest BCUT2D eigenvalue weighted by atomic mass is 9.71. The smallest absolute Gasteiger partial charge is 0.231 e. The SMILES string of the molecule is COCCN1[C@@H]2CCN(Cc3c(C)nn(C)c3C)C[C@@]2(C(=O)N2CCOCC2)CCS1(=O)=O. The van der Waals surface area contributed by atoms with Gasteiger partial charge in [0, 0.05) is 70.7 Å². The van der Waals surface area contributed by atoms with Crippen LogP contribution in [-0.2, 0) is 37.9 Å². The highest BCUT2D eigenvalue weighted by atomic mass is 32.2. The zero-order valence-electron chi connectivity index (χ0n) is 20.2. The molecule has 11 heteroatoms. The molecule has 10 nitrogen and oxygen atoms in total. The zero-order chi connectivity index (χ0) is 23.8. The molecule has 0 N–H and O–H groups in total. The molecule has 3 aliphatic heterocycles. The molecule has 0 aliphatic carbocycles. The lowest BCUT2D eigenvalue weighted by Crippen LogP contribution is -2.69. The predicted octanol–water partition coefficient (Wildman–Crippen LogP) is 0.138. The molecule has 1 aromatic heterocycles. The molecule has 4 rings (SSSR count). The van der Waals surface area contributed by atoms with Crippen LogP contribution in [0.1, 0.15) is 29.8 Å². The van der Waals surface area contributed by atoms with E-state index >= 15 is 0 Å². The summed E-state index contributed by atoms with van der Waals surface area (Å²) in [7, 11) is 0.0899. The topological polar surface area (TPSA) is 97.2 Å². The summed E-state index contributed by atoms with van der Waals surface area (Å²) >= 11 is 0. The molecule has 3 fully saturated rings. The first-order valence-corrected chi connectivity index (χ1v) is 13.4. The quantitative estimate of drug-likeness (QED) is 0.568. The number of hydrogen-bond acceptors (Lipinski definition) is 7. The Labute approximate surface area is 196 Å². The Bertz CT molecular complexity index is 974. The number of fused-ring (bicyclic) bond motifs is 1. The van der Waals surface area contributed by atoms with Crippen LogP contribution in [0, 0.1) is 19.3 Å². The Morgan fingerprint density at radius 2 is 1.97 bits per heavy atom. The number of hydrogen-bond donors (Lipinski definition) is 0. The third kappa shape index (κ3) is 4.58. The molecule has 0 unspecified atom stereocenters. The van der Waals surface area contributed by atoms with Gasteiger partial charge in [0.1, 0.15) is 0 Å². The van der Waals surface area contributed by atoms with Crippen molar-refractivity contribution in [3.63, 3.8) is 0 Å². The standard InChI is InChI=1S/C22H37N5O5S/c1-17-19(18(2)24(3)23-17)15-25-7-5-20-22(16-25,21(28)26-8-12-32-13-9-26)6-14-33(29,30)27(20)10-11-31-4/h20H,5-16H2,1-4H3/t20-,22+/m1/s1. The number of sulfonamides is 1. The summed E-state index contributed by atoms with van der Waals surface area (Å²) in [6.45, 7) is 8.82. The van der Waals surface area contributed by atoms with Gasteiger partial charge in [0.05, 0.1) is 36.7 Å². The second-order valence-corrected chi connectivity index (χ2v) is 11.6. The van der Waals surface area contributed by atoms with E-state index in [1.54, 1.807) is 11.4 Å². The molecule has 186 valence electrons. The van der Waals surface area contributed by atoms with Crippen LogP contribution in [0.4, 0.5) is 0 Å². The molecule has 33 heavy (non-hydrogen) atoms. The van der Waals surface area contributed by atoms with Crippen molar-refractivity contribution >= 4 is 15.9 Å². The highest BCUT2D eigenvalue weighted by Crippen LogP contribution is 2.44. The van der Waals surface area contributed by atoms with Crippen molar-refractivity contribution in [3.8, 4) is 0 Å². The van der Waals surface area contributed by atoms with Gasteiger partial charge in [-0.05, 0) is 26.7 Å². The average Bonchev–Trinajstić information content (AvgIpc) is 3.04. The Hall–Kier alpha value is -1.53. The molecule has 3 saturated heterocycles. The fourth-order valence-electron chi connectivity index (χ4n) is 5.73. The van der Waals surface area contributed by atoms with Crippen LogP contribution in [0.15, 0.2) is 0 Å². The lowest BCUT2D eigenvalue weighted by Gasteiger charge is -2.54. The summed E-state index contributed by atoms with van der Waals surface area (Å²) in [6.07, 6.45) is 0.971. The van der Waals surface area contributed by atoms with Crippen molar-refractivity contribution in [1.82, 2.24) is 23.9 Å². The van der Waals surface area contributed by atoms with Crippen LogP contribution in [0.25, 0.3) is 0 Å². The molecule has 0 saturated carbocycles. The number of amides is 1. The van der Waals surface area contributed by atoms with Gasteiger partial charge < -0.3 is 14.4 Å². The normalized spacial score (nSPS) is 28.6. The minimum Gasteiger partial charge on any atom is -0.383 e. The van der Waals surface area contributed by atoms with Crippen LogP contribution in [0.2, 0.25) is 0 Å². The van der Waals surface area contributed by atoms with E-state index in [2.05, 4.69) is 16.9 Å². The van der Waals surface area contributed by atoms with E-state index < -0.39 is 15.4 Å². The number of aryl methyl sites for hydroxylation is 2. The van der Waals surface area contributed by atoms with Crippen molar-refractivity contribution in [3.05, 3.63) is 17.0 Å². The van der Waals surface area contributed by atoms with Gasteiger partial charge in [-0.1, -0.05) is 0 Å². The molecule has 0 spiro atoms. The van der Waals surface area contributed by atoms with Crippen molar-refractivity contribution in [2.24, 2.45) is 12.5 Å². The van der Waals surface area contributed by atoms with Crippen molar-refractivity contribution in [2.45, 2.75) is 39.3 Å². The summed E-state index contributed by atoms with van der Waals surface area (Å²) in [5.41, 5.74) is 2.54. The number of methoxy groups -OCH3 is 1. The molecule has 0 aromatic carbocycles. The van der Waals surface area contributed by atoms with Gasteiger partial charge in [0.25, 0.3) is 0 Å².